The van der Waals surface area contributed by atoms with E-state index in [1.807, 2.05) is 12.1 Å². The van der Waals surface area contributed by atoms with Crippen LogP contribution in [0.5, 0.6) is 11.5 Å². The number of carbonyl (C=O) groups is 1. The Morgan fingerprint density at radius 1 is 1.19 bits per heavy atom. The molecule has 1 atom stereocenters. The fourth-order valence-corrected chi connectivity index (χ4v) is 3.77. The molecule has 5 nitrogen and oxygen atoms in total. The lowest BCUT2D eigenvalue weighted by molar-refractivity contribution is 0.161. The lowest BCUT2D eigenvalue weighted by atomic mass is 9.70. The van der Waals surface area contributed by atoms with Crippen LogP contribution in [0.25, 0.3) is 11.1 Å². The molecule has 27 heavy (non-hydrogen) atoms. The topological polar surface area (TPSA) is 67.8 Å². The van der Waals surface area contributed by atoms with Gasteiger partial charge in [-0.1, -0.05) is 19.9 Å². The van der Waals surface area contributed by atoms with Gasteiger partial charge in [-0.3, -0.25) is 0 Å². The van der Waals surface area contributed by atoms with Gasteiger partial charge in [0.15, 0.2) is 11.6 Å². The van der Waals surface area contributed by atoms with Gasteiger partial charge < -0.3 is 19.9 Å². The van der Waals surface area contributed by atoms with Crippen LogP contribution in [0, 0.1) is 11.2 Å². The Morgan fingerprint density at radius 3 is 2.48 bits per heavy atom. The van der Waals surface area contributed by atoms with Crippen molar-refractivity contribution in [1.82, 2.24) is 5.32 Å². The first-order valence-electron chi connectivity index (χ1n) is 8.81. The summed E-state index contributed by atoms with van der Waals surface area (Å²) in [6, 6.07) is 8.29. The molecular formula is C21H24FNO4. The smallest absolute Gasteiger partial charge is 0.405 e. The molecule has 3 rings (SSSR count). The number of ether oxygens (including phenoxy) is 2. The molecule has 2 N–H and O–H groups in total. The van der Waals surface area contributed by atoms with E-state index in [0.717, 1.165) is 29.5 Å². The van der Waals surface area contributed by atoms with Crippen molar-refractivity contribution in [3.63, 3.8) is 0 Å². The van der Waals surface area contributed by atoms with E-state index in [1.165, 1.54) is 13.2 Å². The molecule has 144 valence electrons. The molecule has 1 aliphatic carbocycles. The molecule has 0 aliphatic heterocycles. The van der Waals surface area contributed by atoms with Gasteiger partial charge in [0.25, 0.3) is 0 Å². The number of fused-ring (bicyclic) bond motifs is 1. The Hall–Kier alpha value is -2.76. The Balaban J connectivity index is 2.12. The molecule has 0 aromatic heterocycles. The van der Waals surface area contributed by atoms with Gasteiger partial charge in [-0.25, -0.2) is 9.18 Å². The fourth-order valence-electron chi connectivity index (χ4n) is 3.77. The number of hydrogen-bond donors (Lipinski definition) is 2. The summed E-state index contributed by atoms with van der Waals surface area (Å²) in [6.07, 6.45) is 0.602. The maximum Gasteiger partial charge on any atom is 0.405 e. The third-order valence-electron chi connectivity index (χ3n) is 5.32. The summed E-state index contributed by atoms with van der Waals surface area (Å²) < 4.78 is 24.7. The van der Waals surface area contributed by atoms with Gasteiger partial charge in [-0.15, -0.1) is 0 Å². The fraction of sp³-hybridized carbons (Fsp3) is 0.381. The number of aryl methyl sites for hydroxylation is 1. The van der Waals surface area contributed by atoms with Crippen molar-refractivity contribution in [3.05, 3.63) is 47.3 Å². The number of hydrogen-bond acceptors (Lipinski definition) is 3. The minimum atomic E-state index is -1.05. The van der Waals surface area contributed by atoms with Crippen LogP contribution in [0.15, 0.2) is 30.3 Å². The molecule has 0 saturated carbocycles. The molecule has 0 saturated heterocycles. The minimum absolute atomic E-state index is 0.183. The van der Waals surface area contributed by atoms with Crippen molar-refractivity contribution in [2.45, 2.75) is 32.7 Å². The van der Waals surface area contributed by atoms with E-state index in [0.29, 0.717) is 11.3 Å². The largest absolute Gasteiger partial charge is 0.496 e. The quantitative estimate of drug-likeness (QED) is 0.808. The Morgan fingerprint density at radius 2 is 1.89 bits per heavy atom. The molecule has 1 aliphatic rings. The van der Waals surface area contributed by atoms with E-state index in [-0.39, 0.29) is 17.2 Å². The van der Waals surface area contributed by atoms with Gasteiger partial charge in [0.05, 0.1) is 20.3 Å². The standard InChI is InChI=1S/C21H24FNO4/c1-21(2)8-7-13-9-14(12-5-6-17(26-3)16(22)10-12)18(27-4)11-15(13)19(21)23-20(24)25/h5-6,9-11,19,23H,7-8H2,1-4H3,(H,24,25). The summed E-state index contributed by atoms with van der Waals surface area (Å²) in [5.74, 6) is 0.317. The first kappa shape index (κ1) is 19.0. The maximum absolute atomic E-state index is 14.2. The number of halogens is 1. The number of nitrogens with one attached hydrogen (secondary N) is 1. The highest BCUT2D eigenvalue weighted by Gasteiger charge is 2.37. The number of rotatable bonds is 4. The second-order valence-corrected chi connectivity index (χ2v) is 7.47. The van der Waals surface area contributed by atoms with Crippen molar-refractivity contribution in [2.24, 2.45) is 5.41 Å². The first-order chi connectivity index (χ1) is 12.8. The molecule has 1 unspecified atom stereocenters. The number of benzene rings is 2. The summed E-state index contributed by atoms with van der Waals surface area (Å²) in [5, 5.41) is 11.9. The van der Waals surface area contributed by atoms with Crippen molar-refractivity contribution in [1.29, 1.82) is 0 Å². The molecule has 0 fully saturated rings. The van der Waals surface area contributed by atoms with E-state index < -0.39 is 11.9 Å². The van der Waals surface area contributed by atoms with Gasteiger partial charge in [-0.05, 0) is 59.2 Å². The van der Waals surface area contributed by atoms with Crippen molar-refractivity contribution >= 4 is 6.09 Å². The lowest BCUT2D eigenvalue weighted by Gasteiger charge is -2.40. The van der Waals surface area contributed by atoms with Crippen LogP contribution < -0.4 is 14.8 Å². The maximum atomic E-state index is 14.2. The van der Waals surface area contributed by atoms with Crippen LogP contribution in [0.2, 0.25) is 0 Å². The van der Waals surface area contributed by atoms with Gasteiger partial charge in [-0.2, -0.15) is 0 Å². The molecule has 0 heterocycles. The molecule has 1 amide bonds. The molecule has 0 bridgehead atoms. The van der Waals surface area contributed by atoms with Crippen molar-refractivity contribution in [3.8, 4) is 22.6 Å². The molecule has 2 aromatic rings. The van der Waals surface area contributed by atoms with Gasteiger partial charge in [0, 0.05) is 5.56 Å². The summed E-state index contributed by atoms with van der Waals surface area (Å²) >= 11 is 0. The minimum Gasteiger partial charge on any atom is -0.496 e. The lowest BCUT2D eigenvalue weighted by Crippen LogP contribution is -2.40. The van der Waals surface area contributed by atoms with Gasteiger partial charge in [0.2, 0.25) is 0 Å². The number of methoxy groups -OCH3 is 2. The van der Waals surface area contributed by atoms with E-state index in [9.17, 15) is 14.3 Å². The average Bonchev–Trinajstić information content (AvgIpc) is 2.63. The van der Waals surface area contributed by atoms with Crippen molar-refractivity contribution < 1.29 is 23.8 Å². The Labute approximate surface area is 158 Å². The van der Waals surface area contributed by atoms with Gasteiger partial charge in [0.1, 0.15) is 5.75 Å². The average molecular weight is 373 g/mol. The zero-order chi connectivity index (χ0) is 19.8. The molecule has 0 spiro atoms. The highest BCUT2D eigenvalue weighted by Crippen LogP contribution is 2.46. The summed E-state index contributed by atoms with van der Waals surface area (Å²) in [4.78, 5) is 11.3. The number of amides is 1. The Bertz CT molecular complexity index is 879. The predicted molar refractivity (Wildman–Crippen MR) is 101 cm³/mol. The van der Waals surface area contributed by atoms with Crippen molar-refractivity contribution in [2.75, 3.05) is 14.2 Å². The normalized spacial score (nSPS) is 17.7. The SMILES string of the molecule is COc1ccc(-c2cc3c(cc2OC)C(NC(=O)O)C(C)(C)CC3)cc1F. The molecular weight excluding hydrogens is 349 g/mol. The Kier molecular flexibility index (Phi) is 5.00. The predicted octanol–water partition coefficient (Wildman–Crippen LogP) is 4.79. The third kappa shape index (κ3) is 3.56. The van der Waals surface area contributed by atoms with Crippen LogP contribution in [-0.2, 0) is 6.42 Å². The molecule has 2 aromatic carbocycles. The number of carboxylic acid groups (broad SMARTS) is 1. The highest BCUT2D eigenvalue weighted by molar-refractivity contribution is 5.74. The van der Waals surface area contributed by atoms with Crippen LogP contribution in [0.1, 0.15) is 37.4 Å². The summed E-state index contributed by atoms with van der Waals surface area (Å²) in [5.41, 5.74) is 3.18. The van der Waals surface area contributed by atoms with Crippen LogP contribution in [0.4, 0.5) is 9.18 Å². The van der Waals surface area contributed by atoms with Crippen LogP contribution >= 0.6 is 0 Å². The second-order valence-electron chi connectivity index (χ2n) is 7.47. The van der Waals surface area contributed by atoms with E-state index in [2.05, 4.69) is 19.2 Å². The van der Waals surface area contributed by atoms with E-state index in [4.69, 9.17) is 9.47 Å². The molecule has 6 heteroatoms. The third-order valence-corrected chi connectivity index (χ3v) is 5.32. The van der Waals surface area contributed by atoms with Crippen LogP contribution in [-0.4, -0.2) is 25.4 Å². The highest BCUT2D eigenvalue weighted by atomic mass is 19.1. The summed E-state index contributed by atoms with van der Waals surface area (Å²) in [7, 11) is 2.98. The van der Waals surface area contributed by atoms with Crippen LogP contribution in [0.3, 0.4) is 0 Å². The molecule has 0 radical (unpaired) electrons. The zero-order valence-electron chi connectivity index (χ0n) is 15.9. The first-order valence-corrected chi connectivity index (χ1v) is 8.81. The zero-order valence-corrected chi connectivity index (χ0v) is 15.9. The summed E-state index contributed by atoms with van der Waals surface area (Å²) in [6.45, 7) is 4.10. The monoisotopic (exact) mass is 373 g/mol. The second kappa shape index (κ2) is 7.10. The van der Waals surface area contributed by atoms with E-state index in [1.54, 1.807) is 19.2 Å². The van der Waals surface area contributed by atoms with Gasteiger partial charge >= 0.3 is 6.09 Å². The van der Waals surface area contributed by atoms with E-state index >= 15 is 0 Å².